The van der Waals surface area contributed by atoms with Crippen LogP contribution in [0.4, 0.5) is 0 Å². The van der Waals surface area contributed by atoms with Crippen molar-refractivity contribution in [3.05, 3.63) is 71.6 Å². The molecule has 0 aliphatic carbocycles. The Hall–Kier alpha value is -1.61. The van der Waals surface area contributed by atoms with Crippen LogP contribution in [0.25, 0.3) is 10.4 Å². The molecule has 0 unspecified atom stereocenters. The number of hydrogen-bond acceptors (Lipinski definition) is 3. The molecule has 0 bridgehead atoms. The first-order valence-corrected chi connectivity index (χ1v) is 7.28. The van der Waals surface area contributed by atoms with Gasteiger partial charge in [0.1, 0.15) is 0 Å². The fourth-order valence-corrected chi connectivity index (χ4v) is 2.57. The number of thiophene rings is 1. The van der Waals surface area contributed by atoms with Crippen molar-refractivity contribution in [3.63, 3.8) is 0 Å². The average molecular weight is 340 g/mol. The van der Waals surface area contributed by atoms with Crippen LogP contribution in [0, 0.1) is 0 Å². The van der Waals surface area contributed by atoms with Gasteiger partial charge in [0.2, 0.25) is 0 Å². The van der Waals surface area contributed by atoms with E-state index in [2.05, 4.69) is 0 Å². The van der Waals surface area contributed by atoms with Gasteiger partial charge in [-0.1, -0.05) is 0 Å². The fraction of sp³-hybridized carbons (Fsp3) is 0.118. The SMILES string of the molecule is CCOC(=O)c1ccc(-[c-]2[cH-][cH-][cH-][cH-]2)s1.[Fe].c1cc[cH-]c1. The minimum Gasteiger partial charge on any atom is -0.671 e. The molecule has 2 nitrogen and oxygen atoms in total. The van der Waals surface area contributed by atoms with Gasteiger partial charge < -0.3 is 56.8 Å². The van der Waals surface area contributed by atoms with Crippen molar-refractivity contribution < 1.29 is 26.6 Å². The molecule has 0 saturated heterocycles. The Morgan fingerprint density at radius 1 is 1.24 bits per heavy atom. The second-order valence-corrected chi connectivity index (χ2v) is 5.10. The molecule has 0 saturated carbocycles. The molecule has 1 aromatic heterocycles. The van der Waals surface area contributed by atoms with Crippen LogP contribution in [0.2, 0.25) is 0 Å². The van der Waals surface area contributed by atoms with Crippen molar-refractivity contribution >= 4 is 17.3 Å². The van der Waals surface area contributed by atoms with Gasteiger partial charge in [-0.2, -0.15) is 24.3 Å². The summed E-state index contributed by atoms with van der Waals surface area (Å²) in [6.45, 7) is 2.23. The molecule has 0 aliphatic heterocycles. The van der Waals surface area contributed by atoms with Crippen LogP contribution in [-0.2, 0) is 21.8 Å². The van der Waals surface area contributed by atoms with E-state index in [1.54, 1.807) is 0 Å². The number of rotatable bonds is 3. The molecule has 21 heavy (non-hydrogen) atoms. The zero-order valence-corrected chi connectivity index (χ0v) is 13.6. The van der Waals surface area contributed by atoms with Gasteiger partial charge in [0.15, 0.2) is 0 Å². The molecule has 0 radical (unpaired) electrons. The Morgan fingerprint density at radius 3 is 2.43 bits per heavy atom. The molecule has 1 heterocycles. The van der Waals surface area contributed by atoms with Gasteiger partial charge in [-0.25, -0.2) is 16.9 Å². The quantitative estimate of drug-likeness (QED) is 0.392. The number of carbonyl (C=O) groups is 1. The van der Waals surface area contributed by atoms with Gasteiger partial charge in [-0.3, -0.25) is 0 Å². The van der Waals surface area contributed by atoms with E-state index >= 15 is 0 Å². The number of hydrogen-bond donors (Lipinski definition) is 0. The van der Waals surface area contributed by atoms with Crippen LogP contribution in [0.15, 0.2) is 66.7 Å². The molecule has 0 amide bonds. The summed E-state index contributed by atoms with van der Waals surface area (Å²) in [5.41, 5.74) is 1.15. The van der Waals surface area contributed by atoms with Crippen LogP contribution in [0.1, 0.15) is 16.6 Å². The number of carbonyl (C=O) groups excluding carboxylic acids is 1. The van der Waals surface area contributed by atoms with Crippen LogP contribution >= 0.6 is 11.3 Å². The molecule has 116 valence electrons. The molecule has 3 rings (SSSR count). The predicted octanol–water partition coefficient (Wildman–Crippen LogP) is 4.71. The van der Waals surface area contributed by atoms with Gasteiger partial charge in [0.05, 0.1) is 11.5 Å². The largest absolute Gasteiger partial charge is 0.671 e. The van der Waals surface area contributed by atoms with E-state index in [0.717, 1.165) is 10.4 Å². The minimum atomic E-state index is -0.236. The Labute approximate surface area is 139 Å². The van der Waals surface area contributed by atoms with Crippen LogP contribution < -0.4 is 0 Å². The van der Waals surface area contributed by atoms with Crippen molar-refractivity contribution in [1.82, 2.24) is 0 Å². The molecule has 0 N–H and O–H groups in total. The normalized spacial score (nSPS) is 9.19. The van der Waals surface area contributed by atoms with E-state index in [1.807, 2.05) is 73.7 Å². The summed E-state index contributed by atoms with van der Waals surface area (Å²) in [5.74, 6) is -0.236. The topological polar surface area (TPSA) is 26.3 Å². The first-order chi connectivity index (χ1) is 9.81. The van der Waals surface area contributed by atoms with Crippen molar-refractivity contribution in [1.29, 1.82) is 0 Å². The van der Waals surface area contributed by atoms with Gasteiger partial charge in [-0.15, -0.1) is 0 Å². The van der Waals surface area contributed by atoms with Gasteiger partial charge in [-0.05, 0) is 6.92 Å². The monoisotopic (exact) mass is 340 g/mol. The second-order valence-electron chi connectivity index (χ2n) is 4.02. The average Bonchev–Trinajstić information content (AvgIpc) is 3.21. The minimum absolute atomic E-state index is 0. The van der Waals surface area contributed by atoms with Gasteiger partial charge >= 0.3 is 5.97 Å². The summed E-state index contributed by atoms with van der Waals surface area (Å²) in [4.78, 5) is 13.2. The molecule has 0 spiro atoms. The van der Waals surface area contributed by atoms with Crippen molar-refractivity contribution in [2.45, 2.75) is 6.92 Å². The van der Waals surface area contributed by atoms with Gasteiger partial charge in [0.25, 0.3) is 0 Å². The Morgan fingerprint density at radius 2 is 1.90 bits per heavy atom. The maximum atomic E-state index is 11.4. The van der Waals surface area contributed by atoms with E-state index in [4.69, 9.17) is 4.74 Å². The second kappa shape index (κ2) is 9.35. The maximum Gasteiger partial charge on any atom is 0.343 e. The standard InChI is InChI=1S/C12H11O2S.C5H5.Fe/c1-2-14-12(13)11-8-7-10(15-11)9-5-3-4-6-9;1-2-4-5-3-1;/h3-8H,2H2,1H3;1-5H;/q-5;-1;. The van der Waals surface area contributed by atoms with E-state index in [9.17, 15) is 4.79 Å². The zero-order chi connectivity index (χ0) is 14.2. The van der Waals surface area contributed by atoms with Crippen molar-refractivity contribution in [2.24, 2.45) is 0 Å². The zero-order valence-electron chi connectivity index (χ0n) is 11.6. The smallest absolute Gasteiger partial charge is 0.343 e. The van der Waals surface area contributed by atoms with Gasteiger partial charge in [0, 0.05) is 17.1 Å². The molecule has 4 heteroatoms. The maximum absolute atomic E-state index is 11.4. The Kier molecular flexibility index (Phi) is 7.76. The third-order valence-corrected chi connectivity index (χ3v) is 3.70. The van der Waals surface area contributed by atoms with Crippen molar-refractivity contribution in [3.8, 4) is 10.4 Å². The first kappa shape index (κ1) is 17.4. The molecular formula is C17H16FeO2S-6. The fourth-order valence-electron chi connectivity index (χ4n) is 1.66. The molecule has 0 atom stereocenters. The third kappa shape index (κ3) is 5.35. The molecule has 0 aliphatic rings. The predicted molar refractivity (Wildman–Crippen MR) is 83.3 cm³/mol. The summed E-state index contributed by atoms with van der Waals surface area (Å²) >= 11 is 1.46. The summed E-state index contributed by atoms with van der Waals surface area (Å²) in [5, 5.41) is 0. The van der Waals surface area contributed by atoms with E-state index in [0.29, 0.717) is 11.5 Å². The van der Waals surface area contributed by atoms with E-state index < -0.39 is 0 Å². The summed E-state index contributed by atoms with van der Waals surface area (Å²) in [6.07, 6.45) is 0. The molecule has 3 aromatic rings. The summed E-state index contributed by atoms with van der Waals surface area (Å²) in [6, 6.07) is 21.8. The van der Waals surface area contributed by atoms with Crippen LogP contribution in [0.5, 0.6) is 0 Å². The number of esters is 1. The van der Waals surface area contributed by atoms with Crippen LogP contribution in [0.3, 0.4) is 0 Å². The first-order valence-electron chi connectivity index (χ1n) is 6.47. The number of ether oxygens (including phenoxy) is 1. The molecule has 0 fully saturated rings. The Bertz CT molecular complexity index is 592. The van der Waals surface area contributed by atoms with E-state index in [-0.39, 0.29) is 23.0 Å². The van der Waals surface area contributed by atoms with E-state index in [1.165, 1.54) is 11.3 Å². The molecule has 2 aromatic carbocycles. The third-order valence-electron chi connectivity index (χ3n) is 2.59. The summed E-state index contributed by atoms with van der Waals surface area (Å²) in [7, 11) is 0. The molecular weight excluding hydrogens is 324 g/mol. The van der Waals surface area contributed by atoms with Crippen molar-refractivity contribution in [2.75, 3.05) is 6.61 Å². The Balaban J connectivity index is 0.000000313. The van der Waals surface area contributed by atoms with Crippen LogP contribution in [-0.4, -0.2) is 12.6 Å². The summed E-state index contributed by atoms with van der Waals surface area (Å²) < 4.78 is 4.93.